The van der Waals surface area contributed by atoms with E-state index in [0.29, 0.717) is 5.56 Å². The number of hydrogen-bond acceptors (Lipinski definition) is 3. The van der Waals surface area contributed by atoms with Crippen molar-refractivity contribution < 1.29 is 19.0 Å². The summed E-state index contributed by atoms with van der Waals surface area (Å²) in [5.41, 5.74) is 0.337. The predicted octanol–water partition coefficient (Wildman–Crippen LogP) is 2.38. The second kappa shape index (κ2) is 5.96. The number of aliphatic hydroxyl groups is 1. The molecule has 1 aromatic carbocycles. The zero-order valence-corrected chi connectivity index (χ0v) is 10.3. The average Bonchev–Trinajstić information content (AvgIpc) is 2.28. The number of alkyl halides is 1. The second-order valence-corrected chi connectivity index (χ2v) is 4.07. The Morgan fingerprint density at radius 2 is 2.06 bits per heavy atom. The van der Waals surface area contributed by atoms with Crippen LogP contribution in [0, 0.1) is 0 Å². The summed E-state index contributed by atoms with van der Waals surface area (Å²) in [6, 6.07) is 6.41. The molecule has 1 rings (SSSR count). The van der Waals surface area contributed by atoms with E-state index < -0.39 is 18.2 Å². The van der Waals surface area contributed by atoms with E-state index in [1.807, 2.05) is 0 Å². The maximum absolute atomic E-state index is 13.4. The first-order chi connectivity index (χ1) is 7.56. The molecule has 88 valence electrons. The van der Waals surface area contributed by atoms with Gasteiger partial charge >= 0.3 is 5.97 Å². The summed E-state index contributed by atoms with van der Waals surface area (Å²) in [5.74, 6) is -1.04. The number of esters is 1. The third kappa shape index (κ3) is 3.28. The Hall–Kier alpha value is -0.940. The van der Waals surface area contributed by atoms with Gasteiger partial charge in [0, 0.05) is 4.47 Å². The number of hydrogen-bond donors (Lipinski definition) is 1. The Bertz CT molecular complexity index is 353. The minimum atomic E-state index is -2.05. The molecule has 0 fully saturated rings. The normalized spacial score (nSPS) is 14.2. The summed E-state index contributed by atoms with van der Waals surface area (Å²) < 4.78 is 18.7. The van der Waals surface area contributed by atoms with Crippen molar-refractivity contribution in [1.82, 2.24) is 0 Å². The van der Waals surface area contributed by atoms with E-state index in [4.69, 9.17) is 0 Å². The topological polar surface area (TPSA) is 46.5 Å². The first-order valence-corrected chi connectivity index (χ1v) is 5.59. The van der Waals surface area contributed by atoms with Gasteiger partial charge in [-0.1, -0.05) is 28.1 Å². The third-order valence-corrected chi connectivity index (χ3v) is 2.53. The van der Waals surface area contributed by atoms with Crippen LogP contribution in [0.15, 0.2) is 28.7 Å². The molecule has 0 saturated carbocycles. The molecule has 1 unspecified atom stereocenters. The summed E-state index contributed by atoms with van der Waals surface area (Å²) in [6.45, 7) is 1.67. The zero-order valence-electron chi connectivity index (χ0n) is 8.69. The Morgan fingerprint density at radius 3 is 2.56 bits per heavy atom. The van der Waals surface area contributed by atoms with Crippen molar-refractivity contribution in [3.05, 3.63) is 34.3 Å². The van der Waals surface area contributed by atoms with Gasteiger partial charge in [-0.25, -0.2) is 9.18 Å². The average molecular weight is 291 g/mol. The quantitative estimate of drug-likeness (QED) is 0.866. The van der Waals surface area contributed by atoms with Crippen molar-refractivity contribution in [1.29, 1.82) is 0 Å². The van der Waals surface area contributed by atoms with Crippen molar-refractivity contribution in [2.24, 2.45) is 0 Å². The standard InChI is InChI=1S/C11H12BrFO3/c1-2-16-11(15)9(13)10(14)7-3-5-8(12)6-4-7/h3-6,9-10,14H,2H2,1H3/t9?,10-/m1/s1. The van der Waals surface area contributed by atoms with Crippen LogP contribution in [-0.2, 0) is 9.53 Å². The van der Waals surface area contributed by atoms with Gasteiger partial charge in [0.25, 0.3) is 0 Å². The van der Waals surface area contributed by atoms with Crippen LogP contribution in [0.5, 0.6) is 0 Å². The van der Waals surface area contributed by atoms with Crippen LogP contribution in [0.25, 0.3) is 0 Å². The van der Waals surface area contributed by atoms with Crippen LogP contribution >= 0.6 is 15.9 Å². The van der Waals surface area contributed by atoms with E-state index in [1.165, 1.54) is 0 Å². The molecule has 0 aliphatic heterocycles. The Balaban J connectivity index is 2.73. The van der Waals surface area contributed by atoms with Crippen molar-refractivity contribution in [2.45, 2.75) is 19.2 Å². The lowest BCUT2D eigenvalue weighted by atomic mass is 10.1. The molecule has 1 aromatic rings. The zero-order chi connectivity index (χ0) is 12.1. The highest BCUT2D eigenvalue weighted by Crippen LogP contribution is 2.22. The number of benzene rings is 1. The van der Waals surface area contributed by atoms with Gasteiger partial charge < -0.3 is 9.84 Å². The number of carbonyl (C=O) groups is 1. The van der Waals surface area contributed by atoms with Gasteiger partial charge in [-0.05, 0) is 24.6 Å². The molecule has 5 heteroatoms. The third-order valence-electron chi connectivity index (χ3n) is 2.00. The number of carbonyl (C=O) groups excluding carboxylic acids is 1. The monoisotopic (exact) mass is 290 g/mol. The van der Waals surface area contributed by atoms with Crippen LogP contribution in [0.2, 0.25) is 0 Å². The predicted molar refractivity (Wildman–Crippen MR) is 60.6 cm³/mol. The van der Waals surface area contributed by atoms with Crippen molar-refractivity contribution in [3.8, 4) is 0 Å². The summed E-state index contributed by atoms with van der Waals surface area (Å²) in [4.78, 5) is 11.1. The summed E-state index contributed by atoms with van der Waals surface area (Å²) in [7, 11) is 0. The molecule has 0 amide bonds. The Labute approximate surface area is 101 Å². The van der Waals surface area contributed by atoms with Crippen LogP contribution < -0.4 is 0 Å². The molecular weight excluding hydrogens is 279 g/mol. The fourth-order valence-corrected chi connectivity index (χ4v) is 1.44. The lowest BCUT2D eigenvalue weighted by molar-refractivity contribution is -0.153. The van der Waals surface area contributed by atoms with Crippen LogP contribution in [0.4, 0.5) is 4.39 Å². The lowest BCUT2D eigenvalue weighted by Gasteiger charge is -2.14. The molecule has 0 aliphatic carbocycles. The molecule has 3 nitrogen and oxygen atoms in total. The van der Waals surface area contributed by atoms with Gasteiger partial charge in [0.15, 0.2) is 0 Å². The molecule has 0 heterocycles. The van der Waals surface area contributed by atoms with E-state index in [9.17, 15) is 14.3 Å². The summed E-state index contributed by atoms with van der Waals surface area (Å²) >= 11 is 3.22. The maximum Gasteiger partial charge on any atom is 0.343 e. The first-order valence-electron chi connectivity index (χ1n) is 4.80. The van der Waals surface area contributed by atoms with Crippen molar-refractivity contribution >= 4 is 21.9 Å². The number of halogens is 2. The van der Waals surface area contributed by atoms with E-state index in [-0.39, 0.29) is 6.61 Å². The fourth-order valence-electron chi connectivity index (χ4n) is 1.18. The molecule has 1 N–H and O–H groups in total. The maximum atomic E-state index is 13.4. The van der Waals surface area contributed by atoms with Crippen LogP contribution in [0.1, 0.15) is 18.6 Å². The molecule has 0 aliphatic rings. The highest BCUT2D eigenvalue weighted by Gasteiger charge is 2.28. The molecular formula is C11H12BrFO3. The molecule has 0 bridgehead atoms. The minimum Gasteiger partial charge on any atom is -0.464 e. The van der Waals surface area contributed by atoms with Gasteiger partial charge in [0.05, 0.1) is 6.61 Å². The molecule has 0 spiro atoms. The number of ether oxygens (including phenoxy) is 1. The van der Waals surface area contributed by atoms with Gasteiger partial charge in [-0.3, -0.25) is 0 Å². The van der Waals surface area contributed by atoms with Crippen molar-refractivity contribution in [3.63, 3.8) is 0 Å². The van der Waals surface area contributed by atoms with Crippen LogP contribution in [0.3, 0.4) is 0 Å². The summed E-state index contributed by atoms with van der Waals surface area (Å²) in [6.07, 6.45) is -3.55. The molecule has 0 aromatic heterocycles. The summed E-state index contributed by atoms with van der Waals surface area (Å²) in [5, 5.41) is 9.59. The lowest BCUT2D eigenvalue weighted by Crippen LogP contribution is -2.26. The van der Waals surface area contributed by atoms with Crippen molar-refractivity contribution in [2.75, 3.05) is 6.61 Å². The van der Waals surface area contributed by atoms with Crippen LogP contribution in [-0.4, -0.2) is 23.9 Å². The Morgan fingerprint density at radius 1 is 1.50 bits per heavy atom. The molecule has 2 atom stereocenters. The number of rotatable bonds is 4. The molecule has 16 heavy (non-hydrogen) atoms. The molecule has 0 radical (unpaired) electrons. The van der Waals surface area contributed by atoms with E-state index in [2.05, 4.69) is 20.7 Å². The highest BCUT2D eigenvalue weighted by molar-refractivity contribution is 9.10. The molecule has 0 saturated heterocycles. The van der Waals surface area contributed by atoms with Gasteiger partial charge in [0.1, 0.15) is 6.10 Å². The van der Waals surface area contributed by atoms with E-state index in [1.54, 1.807) is 31.2 Å². The SMILES string of the molecule is CCOC(=O)C(F)[C@H](O)c1ccc(Br)cc1. The van der Waals surface area contributed by atoms with Gasteiger partial charge in [-0.15, -0.1) is 0 Å². The number of aliphatic hydroxyl groups excluding tert-OH is 1. The second-order valence-electron chi connectivity index (χ2n) is 3.15. The highest BCUT2D eigenvalue weighted by atomic mass is 79.9. The largest absolute Gasteiger partial charge is 0.464 e. The first kappa shape index (κ1) is 13.1. The fraction of sp³-hybridized carbons (Fsp3) is 0.364. The minimum absolute atomic E-state index is 0.0896. The van der Waals surface area contributed by atoms with E-state index >= 15 is 0 Å². The smallest absolute Gasteiger partial charge is 0.343 e. The van der Waals surface area contributed by atoms with E-state index in [0.717, 1.165) is 4.47 Å². The van der Waals surface area contributed by atoms with Gasteiger partial charge in [0.2, 0.25) is 6.17 Å². The van der Waals surface area contributed by atoms with Gasteiger partial charge in [-0.2, -0.15) is 0 Å². The Kier molecular flexibility index (Phi) is 4.89.